The summed E-state index contributed by atoms with van der Waals surface area (Å²) in [4.78, 5) is 0. The highest BCUT2D eigenvalue weighted by atomic mass is 35.5. The highest BCUT2D eigenvalue weighted by Gasteiger charge is 1.97. The SMILES string of the molecule is CNc1ccc(Cl)c(F)c1. The van der Waals surface area contributed by atoms with Crippen LogP contribution in [0.2, 0.25) is 5.02 Å². The Morgan fingerprint density at radius 3 is 2.70 bits per heavy atom. The molecule has 0 aliphatic carbocycles. The van der Waals surface area contributed by atoms with E-state index in [9.17, 15) is 4.39 Å². The molecule has 54 valence electrons. The minimum Gasteiger partial charge on any atom is -0.388 e. The Hall–Kier alpha value is -0.760. The fraction of sp³-hybridized carbons (Fsp3) is 0.143. The Morgan fingerprint density at radius 1 is 1.50 bits per heavy atom. The van der Waals surface area contributed by atoms with Gasteiger partial charge in [-0.2, -0.15) is 0 Å². The van der Waals surface area contributed by atoms with E-state index in [1.807, 2.05) is 0 Å². The van der Waals surface area contributed by atoms with Crippen molar-refractivity contribution < 1.29 is 4.39 Å². The summed E-state index contributed by atoms with van der Waals surface area (Å²) >= 11 is 5.43. The summed E-state index contributed by atoms with van der Waals surface area (Å²) in [6.07, 6.45) is 0. The summed E-state index contributed by atoms with van der Waals surface area (Å²) in [5.74, 6) is -0.395. The van der Waals surface area contributed by atoms with Gasteiger partial charge >= 0.3 is 0 Å². The Balaban J connectivity index is 3.04. The summed E-state index contributed by atoms with van der Waals surface area (Å²) in [5.41, 5.74) is 0.724. The van der Waals surface area contributed by atoms with Gasteiger partial charge in [0.1, 0.15) is 5.82 Å². The van der Waals surface area contributed by atoms with Crippen LogP contribution in [0.15, 0.2) is 18.2 Å². The largest absolute Gasteiger partial charge is 0.388 e. The second-order valence-corrected chi connectivity index (χ2v) is 2.29. The number of anilines is 1. The molecule has 0 aliphatic heterocycles. The van der Waals surface area contributed by atoms with E-state index in [-0.39, 0.29) is 5.02 Å². The van der Waals surface area contributed by atoms with Gasteiger partial charge in [0.15, 0.2) is 0 Å². The van der Waals surface area contributed by atoms with E-state index in [0.717, 1.165) is 5.69 Å². The first-order valence-corrected chi connectivity index (χ1v) is 3.24. The van der Waals surface area contributed by atoms with Crippen LogP contribution in [0.1, 0.15) is 0 Å². The second kappa shape index (κ2) is 2.88. The molecule has 0 heterocycles. The number of hydrogen-bond acceptors (Lipinski definition) is 1. The van der Waals surface area contributed by atoms with Gasteiger partial charge in [0.2, 0.25) is 0 Å². The molecule has 0 spiro atoms. The standard InChI is InChI=1S/C7H7ClFN/c1-10-5-2-3-6(8)7(9)4-5/h2-4,10H,1H3. The Kier molecular flexibility index (Phi) is 2.12. The molecular formula is C7H7ClFN. The van der Waals surface area contributed by atoms with E-state index in [1.54, 1.807) is 13.1 Å². The van der Waals surface area contributed by atoms with Crippen molar-refractivity contribution in [3.05, 3.63) is 29.0 Å². The lowest BCUT2D eigenvalue weighted by Crippen LogP contribution is -1.88. The minimum absolute atomic E-state index is 0.152. The molecule has 0 aromatic heterocycles. The van der Waals surface area contributed by atoms with Crippen LogP contribution in [0.4, 0.5) is 10.1 Å². The molecule has 1 rings (SSSR count). The van der Waals surface area contributed by atoms with Crippen molar-refractivity contribution in [3.8, 4) is 0 Å². The van der Waals surface area contributed by atoms with Gasteiger partial charge in [-0.1, -0.05) is 11.6 Å². The molecule has 1 nitrogen and oxygen atoms in total. The van der Waals surface area contributed by atoms with Gasteiger partial charge in [-0.05, 0) is 18.2 Å². The van der Waals surface area contributed by atoms with Gasteiger partial charge in [-0.3, -0.25) is 0 Å². The number of halogens is 2. The average molecular weight is 160 g/mol. The third-order valence-corrected chi connectivity index (χ3v) is 1.51. The third kappa shape index (κ3) is 1.39. The molecular weight excluding hydrogens is 153 g/mol. The Bertz CT molecular complexity index is 237. The molecule has 0 radical (unpaired) electrons. The summed E-state index contributed by atoms with van der Waals surface area (Å²) in [5, 5.41) is 2.95. The second-order valence-electron chi connectivity index (χ2n) is 1.88. The highest BCUT2D eigenvalue weighted by molar-refractivity contribution is 6.30. The molecule has 0 aliphatic rings. The van der Waals surface area contributed by atoms with Crippen molar-refractivity contribution in [2.24, 2.45) is 0 Å². The fourth-order valence-electron chi connectivity index (χ4n) is 0.652. The maximum absolute atomic E-state index is 12.6. The topological polar surface area (TPSA) is 12.0 Å². The molecule has 3 heteroatoms. The molecule has 0 fully saturated rings. The highest BCUT2D eigenvalue weighted by Crippen LogP contribution is 2.17. The van der Waals surface area contributed by atoms with E-state index >= 15 is 0 Å². The lowest BCUT2D eigenvalue weighted by atomic mass is 10.3. The van der Waals surface area contributed by atoms with Crippen LogP contribution in [-0.4, -0.2) is 7.05 Å². The lowest BCUT2D eigenvalue weighted by Gasteiger charge is -1.99. The van der Waals surface area contributed by atoms with Gasteiger partial charge in [0.25, 0.3) is 0 Å². The molecule has 1 aromatic carbocycles. The zero-order chi connectivity index (χ0) is 7.56. The summed E-state index contributed by atoms with van der Waals surface area (Å²) in [6, 6.07) is 4.58. The van der Waals surface area contributed by atoms with E-state index in [2.05, 4.69) is 5.32 Å². The van der Waals surface area contributed by atoms with Crippen LogP contribution < -0.4 is 5.32 Å². The van der Waals surface area contributed by atoms with Gasteiger partial charge in [-0.15, -0.1) is 0 Å². The fourth-order valence-corrected chi connectivity index (χ4v) is 0.769. The zero-order valence-electron chi connectivity index (χ0n) is 5.49. The predicted octanol–water partition coefficient (Wildman–Crippen LogP) is 2.52. The van der Waals surface area contributed by atoms with E-state index < -0.39 is 5.82 Å². The molecule has 0 bridgehead atoms. The van der Waals surface area contributed by atoms with Crippen molar-refractivity contribution in [1.29, 1.82) is 0 Å². The van der Waals surface area contributed by atoms with Crippen LogP contribution in [0.25, 0.3) is 0 Å². The van der Waals surface area contributed by atoms with Gasteiger partial charge in [0, 0.05) is 12.7 Å². The lowest BCUT2D eigenvalue weighted by molar-refractivity contribution is 0.629. The van der Waals surface area contributed by atoms with Crippen LogP contribution in [-0.2, 0) is 0 Å². The quantitative estimate of drug-likeness (QED) is 0.664. The van der Waals surface area contributed by atoms with Crippen molar-refractivity contribution >= 4 is 17.3 Å². The van der Waals surface area contributed by atoms with Gasteiger partial charge < -0.3 is 5.32 Å². The summed E-state index contributed by atoms with van der Waals surface area (Å²) < 4.78 is 12.6. The van der Waals surface area contributed by atoms with Crippen molar-refractivity contribution in [3.63, 3.8) is 0 Å². The van der Waals surface area contributed by atoms with E-state index in [4.69, 9.17) is 11.6 Å². The molecule has 0 unspecified atom stereocenters. The van der Waals surface area contributed by atoms with Gasteiger partial charge in [-0.25, -0.2) is 4.39 Å². The average Bonchev–Trinajstić information content (AvgIpc) is 1.95. The van der Waals surface area contributed by atoms with Crippen molar-refractivity contribution in [2.75, 3.05) is 12.4 Å². The van der Waals surface area contributed by atoms with Crippen molar-refractivity contribution in [2.45, 2.75) is 0 Å². The van der Waals surface area contributed by atoms with Crippen LogP contribution >= 0.6 is 11.6 Å². The smallest absolute Gasteiger partial charge is 0.143 e. The van der Waals surface area contributed by atoms with E-state index in [0.29, 0.717) is 0 Å². The van der Waals surface area contributed by atoms with Crippen molar-refractivity contribution in [1.82, 2.24) is 0 Å². The number of nitrogens with one attached hydrogen (secondary N) is 1. The minimum atomic E-state index is -0.395. The molecule has 0 atom stereocenters. The van der Waals surface area contributed by atoms with Gasteiger partial charge in [0.05, 0.1) is 5.02 Å². The van der Waals surface area contributed by atoms with Crippen LogP contribution in [0.3, 0.4) is 0 Å². The first kappa shape index (κ1) is 7.35. The number of benzene rings is 1. The maximum atomic E-state index is 12.6. The third-order valence-electron chi connectivity index (χ3n) is 1.21. The first-order chi connectivity index (χ1) is 4.74. The number of hydrogen-bond donors (Lipinski definition) is 1. The Morgan fingerprint density at radius 2 is 2.20 bits per heavy atom. The monoisotopic (exact) mass is 159 g/mol. The summed E-state index contributed by atoms with van der Waals surface area (Å²) in [7, 11) is 1.72. The normalized spacial score (nSPS) is 9.50. The summed E-state index contributed by atoms with van der Waals surface area (Å²) in [6.45, 7) is 0. The molecule has 10 heavy (non-hydrogen) atoms. The van der Waals surface area contributed by atoms with Crippen LogP contribution in [0.5, 0.6) is 0 Å². The first-order valence-electron chi connectivity index (χ1n) is 2.87. The molecule has 0 amide bonds. The molecule has 1 aromatic rings. The van der Waals surface area contributed by atoms with Crippen LogP contribution in [0, 0.1) is 5.82 Å². The van der Waals surface area contributed by atoms with E-state index in [1.165, 1.54) is 12.1 Å². The molecule has 0 saturated heterocycles. The molecule has 0 saturated carbocycles. The Labute approximate surface area is 63.8 Å². The molecule has 1 N–H and O–H groups in total. The zero-order valence-corrected chi connectivity index (χ0v) is 6.24. The number of rotatable bonds is 1. The maximum Gasteiger partial charge on any atom is 0.143 e. The predicted molar refractivity (Wildman–Crippen MR) is 41.0 cm³/mol.